The number of benzene rings is 3. The minimum atomic E-state index is -3.90. The number of hydrogen-bond donors (Lipinski definition) is 1. The fourth-order valence-electron chi connectivity index (χ4n) is 3.87. The fraction of sp³-hybridized carbons (Fsp3) is 0.174. The lowest BCUT2D eigenvalue weighted by Gasteiger charge is -2.29. The van der Waals surface area contributed by atoms with Crippen molar-refractivity contribution in [3.63, 3.8) is 0 Å². The summed E-state index contributed by atoms with van der Waals surface area (Å²) in [6.45, 7) is 0.706. The van der Waals surface area contributed by atoms with Crippen LogP contribution in [0.5, 0.6) is 11.5 Å². The maximum absolute atomic E-state index is 13.2. The largest absolute Gasteiger partial charge is 0.454 e. The van der Waals surface area contributed by atoms with E-state index in [-0.39, 0.29) is 17.6 Å². The number of ether oxygens (including phenoxy) is 2. The maximum atomic E-state index is 13.2. The molecule has 7 nitrogen and oxygen atoms in total. The molecule has 3 aromatic rings. The standard InChI is InChI=1S/C23H20N2O5S/c26-23(25-12-4-7-16-5-1-2-9-20(16)25)17-6-3-8-19(13-17)31(27,28)24-18-10-11-21-22(14-18)30-15-29-21/h1-3,5-6,8-11,13-14,24H,4,7,12,15H2. The molecule has 0 fully saturated rings. The van der Waals surface area contributed by atoms with Crippen LogP contribution < -0.4 is 19.1 Å². The minimum absolute atomic E-state index is 0.0151. The molecule has 0 saturated heterocycles. The van der Waals surface area contributed by atoms with Gasteiger partial charge in [0.2, 0.25) is 6.79 Å². The summed E-state index contributed by atoms with van der Waals surface area (Å²) < 4.78 is 39.0. The first kappa shape index (κ1) is 19.4. The predicted molar refractivity (Wildman–Crippen MR) is 116 cm³/mol. The number of carbonyl (C=O) groups is 1. The van der Waals surface area contributed by atoms with Gasteiger partial charge in [0.25, 0.3) is 15.9 Å². The van der Waals surface area contributed by atoms with Crippen molar-refractivity contribution in [2.45, 2.75) is 17.7 Å². The topological polar surface area (TPSA) is 84.9 Å². The first-order valence-corrected chi connectivity index (χ1v) is 11.4. The molecule has 2 heterocycles. The van der Waals surface area contributed by atoms with E-state index in [1.807, 2.05) is 24.3 Å². The van der Waals surface area contributed by atoms with Crippen molar-refractivity contribution >= 4 is 27.3 Å². The average molecular weight is 436 g/mol. The highest BCUT2D eigenvalue weighted by atomic mass is 32.2. The molecule has 2 aliphatic rings. The van der Waals surface area contributed by atoms with E-state index in [0.29, 0.717) is 29.3 Å². The van der Waals surface area contributed by atoms with Crippen LogP contribution in [-0.2, 0) is 16.4 Å². The van der Waals surface area contributed by atoms with Gasteiger partial charge in [0, 0.05) is 23.9 Å². The third-order valence-electron chi connectivity index (χ3n) is 5.37. The molecule has 0 spiro atoms. The maximum Gasteiger partial charge on any atom is 0.261 e. The Balaban J connectivity index is 1.42. The highest BCUT2D eigenvalue weighted by molar-refractivity contribution is 7.92. The van der Waals surface area contributed by atoms with Crippen LogP contribution >= 0.6 is 0 Å². The van der Waals surface area contributed by atoms with Crippen molar-refractivity contribution in [2.75, 3.05) is 23.0 Å². The Labute approximate surface area is 180 Å². The lowest BCUT2D eigenvalue weighted by Crippen LogP contribution is -2.35. The van der Waals surface area contributed by atoms with E-state index in [4.69, 9.17) is 9.47 Å². The second kappa shape index (κ2) is 7.63. The van der Waals surface area contributed by atoms with Crippen molar-refractivity contribution in [3.05, 3.63) is 77.9 Å². The molecule has 3 aromatic carbocycles. The van der Waals surface area contributed by atoms with Crippen molar-refractivity contribution in [2.24, 2.45) is 0 Å². The summed E-state index contributed by atoms with van der Waals surface area (Å²) in [4.78, 5) is 14.9. The SMILES string of the molecule is O=C(c1cccc(S(=O)(=O)Nc2ccc3c(c2)OCO3)c1)N1CCCc2ccccc21. The Morgan fingerprint density at radius 2 is 1.77 bits per heavy atom. The van der Waals surface area contributed by atoms with Gasteiger partial charge in [-0.15, -0.1) is 0 Å². The van der Waals surface area contributed by atoms with E-state index < -0.39 is 10.0 Å². The van der Waals surface area contributed by atoms with Gasteiger partial charge < -0.3 is 14.4 Å². The number of aryl methyl sites for hydroxylation is 1. The van der Waals surface area contributed by atoms with E-state index >= 15 is 0 Å². The van der Waals surface area contributed by atoms with Crippen LogP contribution in [0.2, 0.25) is 0 Å². The first-order valence-electron chi connectivity index (χ1n) is 9.94. The molecule has 0 unspecified atom stereocenters. The van der Waals surface area contributed by atoms with E-state index in [1.165, 1.54) is 12.1 Å². The smallest absolute Gasteiger partial charge is 0.261 e. The van der Waals surface area contributed by atoms with E-state index in [1.54, 1.807) is 35.2 Å². The number of fused-ring (bicyclic) bond motifs is 2. The molecule has 158 valence electrons. The number of carbonyl (C=O) groups excluding carboxylic acids is 1. The normalized spacial score (nSPS) is 14.8. The van der Waals surface area contributed by atoms with E-state index in [9.17, 15) is 13.2 Å². The summed E-state index contributed by atoms with van der Waals surface area (Å²) in [5.74, 6) is 0.831. The third kappa shape index (κ3) is 3.70. The molecule has 0 radical (unpaired) electrons. The molecule has 0 aliphatic carbocycles. The van der Waals surface area contributed by atoms with Gasteiger partial charge in [-0.3, -0.25) is 9.52 Å². The monoisotopic (exact) mass is 436 g/mol. The number of para-hydroxylation sites is 1. The van der Waals surface area contributed by atoms with Crippen molar-refractivity contribution in [1.29, 1.82) is 0 Å². The van der Waals surface area contributed by atoms with Gasteiger partial charge in [0.15, 0.2) is 11.5 Å². The Bertz CT molecular complexity index is 1270. The summed E-state index contributed by atoms with van der Waals surface area (Å²) >= 11 is 0. The van der Waals surface area contributed by atoms with Gasteiger partial charge >= 0.3 is 0 Å². The molecule has 31 heavy (non-hydrogen) atoms. The molecule has 1 amide bonds. The van der Waals surface area contributed by atoms with Crippen LogP contribution in [0, 0.1) is 0 Å². The highest BCUT2D eigenvalue weighted by Crippen LogP contribution is 2.35. The Morgan fingerprint density at radius 1 is 0.935 bits per heavy atom. The first-order chi connectivity index (χ1) is 15.0. The number of rotatable bonds is 4. The molecule has 8 heteroatoms. The Kier molecular flexibility index (Phi) is 4.78. The van der Waals surface area contributed by atoms with Gasteiger partial charge in [0.05, 0.1) is 10.6 Å². The van der Waals surface area contributed by atoms with Crippen LogP contribution in [0.4, 0.5) is 11.4 Å². The number of amides is 1. The minimum Gasteiger partial charge on any atom is -0.454 e. The number of anilines is 2. The van der Waals surface area contributed by atoms with Crippen LogP contribution in [0.15, 0.2) is 71.6 Å². The summed E-state index contributed by atoms with van der Waals surface area (Å²) in [6, 6.07) is 18.7. The van der Waals surface area contributed by atoms with Crippen molar-refractivity contribution < 1.29 is 22.7 Å². The zero-order valence-corrected chi connectivity index (χ0v) is 17.4. The molecular weight excluding hydrogens is 416 g/mol. The second-order valence-electron chi connectivity index (χ2n) is 7.39. The zero-order chi connectivity index (χ0) is 21.4. The van der Waals surface area contributed by atoms with E-state index in [0.717, 1.165) is 24.1 Å². The fourth-order valence-corrected chi connectivity index (χ4v) is 4.97. The molecule has 5 rings (SSSR count). The summed E-state index contributed by atoms with van der Waals surface area (Å²) in [5.41, 5.74) is 2.68. The predicted octanol–water partition coefficient (Wildman–Crippen LogP) is 3.81. The third-order valence-corrected chi connectivity index (χ3v) is 6.75. The van der Waals surface area contributed by atoms with Crippen LogP contribution in [-0.4, -0.2) is 27.7 Å². The molecule has 0 aromatic heterocycles. The quantitative estimate of drug-likeness (QED) is 0.672. The number of sulfonamides is 1. The molecule has 2 aliphatic heterocycles. The lowest BCUT2D eigenvalue weighted by atomic mass is 10.0. The molecular formula is C23H20N2O5S. The van der Waals surface area contributed by atoms with E-state index in [2.05, 4.69) is 4.72 Å². The summed E-state index contributed by atoms with van der Waals surface area (Å²) in [6.07, 6.45) is 1.79. The van der Waals surface area contributed by atoms with Gasteiger partial charge in [-0.1, -0.05) is 24.3 Å². The highest BCUT2D eigenvalue weighted by Gasteiger charge is 2.25. The summed E-state index contributed by atoms with van der Waals surface area (Å²) in [7, 11) is -3.90. The summed E-state index contributed by atoms with van der Waals surface area (Å²) in [5, 5.41) is 0. The Morgan fingerprint density at radius 3 is 2.68 bits per heavy atom. The Hall–Kier alpha value is -3.52. The van der Waals surface area contributed by atoms with Crippen LogP contribution in [0.1, 0.15) is 22.3 Å². The number of hydrogen-bond acceptors (Lipinski definition) is 5. The zero-order valence-electron chi connectivity index (χ0n) is 16.6. The molecule has 0 saturated carbocycles. The molecule has 0 bridgehead atoms. The molecule has 0 atom stereocenters. The van der Waals surface area contributed by atoms with Gasteiger partial charge in [-0.05, 0) is 54.8 Å². The van der Waals surface area contributed by atoms with Crippen LogP contribution in [0.25, 0.3) is 0 Å². The second-order valence-corrected chi connectivity index (χ2v) is 9.07. The molecule has 1 N–H and O–H groups in total. The van der Waals surface area contributed by atoms with Gasteiger partial charge in [-0.2, -0.15) is 0 Å². The number of nitrogens with zero attached hydrogens (tertiary/aromatic N) is 1. The van der Waals surface area contributed by atoms with Crippen molar-refractivity contribution in [3.8, 4) is 11.5 Å². The van der Waals surface area contributed by atoms with Gasteiger partial charge in [-0.25, -0.2) is 8.42 Å². The van der Waals surface area contributed by atoms with Gasteiger partial charge in [0.1, 0.15) is 0 Å². The average Bonchev–Trinajstić information content (AvgIpc) is 3.26. The van der Waals surface area contributed by atoms with Crippen molar-refractivity contribution in [1.82, 2.24) is 0 Å². The lowest BCUT2D eigenvalue weighted by molar-refractivity contribution is 0.0985. The van der Waals surface area contributed by atoms with Crippen LogP contribution in [0.3, 0.4) is 0 Å². The number of nitrogens with one attached hydrogen (secondary N) is 1.